The van der Waals surface area contributed by atoms with Crippen molar-refractivity contribution in [2.45, 2.75) is 32.1 Å². The molecular formula is C13H19NO3. The van der Waals surface area contributed by atoms with Crippen molar-refractivity contribution in [1.82, 2.24) is 4.90 Å². The minimum Gasteiger partial charge on any atom is -0.481 e. The van der Waals surface area contributed by atoms with Crippen LogP contribution >= 0.6 is 0 Å². The Kier molecular flexibility index (Phi) is 2.60. The molecule has 0 aromatic carbocycles. The van der Waals surface area contributed by atoms with E-state index in [1.807, 2.05) is 4.90 Å². The van der Waals surface area contributed by atoms with Crippen LogP contribution in [0.15, 0.2) is 0 Å². The number of hydrogen-bond acceptors (Lipinski definition) is 2. The summed E-state index contributed by atoms with van der Waals surface area (Å²) in [5, 5.41) is 9.23. The molecule has 1 saturated heterocycles. The van der Waals surface area contributed by atoms with Gasteiger partial charge < -0.3 is 10.0 Å². The van der Waals surface area contributed by atoms with Crippen LogP contribution in [-0.4, -0.2) is 35.0 Å². The second-order valence-corrected chi connectivity index (χ2v) is 5.82. The van der Waals surface area contributed by atoms with Crippen LogP contribution < -0.4 is 0 Å². The fourth-order valence-corrected chi connectivity index (χ4v) is 3.19. The first-order valence-corrected chi connectivity index (χ1v) is 6.68. The van der Waals surface area contributed by atoms with Crippen LogP contribution in [0.1, 0.15) is 32.1 Å². The first-order chi connectivity index (χ1) is 8.16. The number of carboxylic acid groups (broad SMARTS) is 1. The normalized spacial score (nSPS) is 33.5. The maximum Gasteiger partial charge on any atom is 0.308 e. The van der Waals surface area contributed by atoms with Gasteiger partial charge in [-0.25, -0.2) is 0 Å². The van der Waals surface area contributed by atoms with Crippen molar-refractivity contribution in [3.8, 4) is 0 Å². The van der Waals surface area contributed by atoms with Crippen LogP contribution in [-0.2, 0) is 9.59 Å². The molecule has 94 valence electrons. The Morgan fingerprint density at radius 1 is 1.06 bits per heavy atom. The average molecular weight is 237 g/mol. The molecule has 17 heavy (non-hydrogen) atoms. The van der Waals surface area contributed by atoms with Gasteiger partial charge in [-0.2, -0.15) is 0 Å². The fourth-order valence-electron chi connectivity index (χ4n) is 3.19. The molecule has 0 spiro atoms. The van der Waals surface area contributed by atoms with Gasteiger partial charge in [-0.3, -0.25) is 9.59 Å². The molecule has 0 unspecified atom stereocenters. The molecule has 1 N–H and O–H groups in total. The summed E-state index contributed by atoms with van der Waals surface area (Å²) in [4.78, 5) is 25.2. The topological polar surface area (TPSA) is 57.6 Å². The molecule has 0 aromatic heterocycles. The number of likely N-dealkylation sites (tertiary alicyclic amines) is 1. The minimum atomic E-state index is -0.717. The molecule has 1 amide bonds. The Balaban J connectivity index is 1.67. The quantitative estimate of drug-likeness (QED) is 0.806. The van der Waals surface area contributed by atoms with Crippen LogP contribution in [0.4, 0.5) is 0 Å². The Morgan fingerprint density at radius 2 is 1.76 bits per heavy atom. The lowest BCUT2D eigenvalue weighted by molar-refractivity contribution is -0.143. The third kappa shape index (κ3) is 1.94. The molecule has 0 aromatic rings. The molecule has 1 aliphatic heterocycles. The van der Waals surface area contributed by atoms with Gasteiger partial charge in [-0.15, -0.1) is 0 Å². The molecule has 3 aliphatic rings. The van der Waals surface area contributed by atoms with Crippen LogP contribution in [0.2, 0.25) is 0 Å². The maximum atomic E-state index is 12.1. The second kappa shape index (κ2) is 4.00. The summed E-state index contributed by atoms with van der Waals surface area (Å²) in [5.41, 5.74) is 0. The number of carbonyl (C=O) groups excluding carboxylic acids is 1. The first kappa shape index (κ1) is 11.1. The van der Waals surface area contributed by atoms with E-state index < -0.39 is 5.97 Å². The summed E-state index contributed by atoms with van der Waals surface area (Å²) in [5.74, 6) is 0.164. The number of nitrogens with zero attached hydrogens (tertiary/aromatic N) is 1. The number of carbonyl (C=O) groups is 2. The van der Waals surface area contributed by atoms with Gasteiger partial charge in [0.1, 0.15) is 0 Å². The summed E-state index contributed by atoms with van der Waals surface area (Å²) < 4.78 is 0. The highest BCUT2D eigenvalue weighted by atomic mass is 16.4. The lowest BCUT2D eigenvalue weighted by atomic mass is 9.84. The lowest BCUT2D eigenvalue weighted by Crippen LogP contribution is -2.38. The van der Waals surface area contributed by atoms with Crippen LogP contribution in [0.3, 0.4) is 0 Å². The predicted molar refractivity (Wildman–Crippen MR) is 61.3 cm³/mol. The molecule has 1 heterocycles. The summed E-state index contributed by atoms with van der Waals surface area (Å²) >= 11 is 0. The molecule has 3 fully saturated rings. The summed E-state index contributed by atoms with van der Waals surface area (Å²) in [6.07, 6.45) is 5.46. The van der Waals surface area contributed by atoms with E-state index in [1.54, 1.807) is 0 Å². The molecule has 2 saturated carbocycles. The van der Waals surface area contributed by atoms with E-state index in [2.05, 4.69) is 0 Å². The van der Waals surface area contributed by atoms with Gasteiger partial charge in [0.05, 0.1) is 5.92 Å². The Hall–Kier alpha value is -1.06. The SMILES string of the molecule is O=C(O)[C@H]1CN(C(=O)C2CCC2)C[C@@H]1C1CC1. The molecule has 3 rings (SSSR count). The van der Waals surface area contributed by atoms with E-state index in [0.29, 0.717) is 19.0 Å². The third-order valence-corrected chi connectivity index (χ3v) is 4.68. The van der Waals surface area contributed by atoms with E-state index in [4.69, 9.17) is 0 Å². The number of hydrogen-bond donors (Lipinski definition) is 1. The highest BCUT2D eigenvalue weighted by molar-refractivity contribution is 5.81. The zero-order chi connectivity index (χ0) is 12.0. The Bertz CT molecular complexity index is 347. The molecule has 4 nitrogen and oxygen atoms in total. The molecule has 2 aliphatic carbocycles. The highest BCUT2D eigenvalue weighted by Gasteiger charge is 2.47. The van der Waals surface area contributed by atoms with Crippen molar-refractivity contribution in [3.63, 3.8) is 0 Å². The maximum absolute atomic E-state index is 12.1. The molecule has 0 radical (unpaired) electrons. The lowest BCUT2D eigenvalue weighted by Gasteiger charge is -2.29. The summed E-state index contributed by atoms with van der Waals surface area (Å²) in [7, 11) is 0. The molecule has 0 bridgehead atoms. The van der Waals surface area contributed by atoms with Gasteiger partial charge in [0.2, 0.25) is 5.91 Å². The summed E-state index contributed by atoms with van der Waals surface area (Å²) in [6.45, 7) is 1.14. The zero-order valence-electron chi connectivity index (χ0n) is 9.97. The first-order valence-electron chi connectivity index (χ1n) is 6.68. The van der Waals surface area contributed by atoms with Gasteiger partial charge in [0.15, 0.2) is 0 Å². The van der Waals surface area contributed by atoms with Crippen molar-refractivity contribution in [3.05, 3.63) is 0 Å². The van der Waals surface area contributed by atoms with Crippen LogP contribution in [0, 0.1) is 23.7 Å². The number of carboxylic acids is 1. The zero-order valence-corrected chi connectivity index (χ0v) is 9.97. The van der Waals surface area contributed by atoms with Gasteiger partial charge >= 0.3 is 5.97 Å². The van der Waals surface area contributed by atoms with Crippen LogP contribution in [0.25, 0.3) is 0 Å². The van der Waals surface area contributed by atoms with Crippen molar-refractivity contribution in [2.24, 2.45) is 23.7 Å². The monoisotopic (exact) mass is 237 g/mol. The Morgan fingerprint density at radius 3 is 2.24 bits per heavy atom. The minimum absolute atomic E-state index is 0.197. The van der Waals surface area contributed by atoms with Crippen molar-refractivity contribution in [2.75, 3.05) is 13.1 Å². The van der Waals surface area contributed by atoms with Crippen LogP contribution in [0.5, 0.6) is 0 Å². The van der Waals surface area contributed by atoms with Gasteiger partial charge in [0, 0.05) is 19.0 Å². The van der Waals surface area contributed by atoms with Gasteiger partial charge in [-0.1, -0.05) is 6.42 Å². The number of rotatable bonds is 3. The van der Waals surface area contributed by atoms with Gasteiger partial charge in [-0.05, 0) is 37.5 Å². The van der Waals surface area contributed by atoms with E-state index in [-0.39, 0.29) is 23.7 Å². The van der Waals surface area contributed by atoms with E-state index >= 15 is 0 Å². The molecule has 4 heteroatoms. The van der Waals surface area contributed by atoms with E-state index in [0.717, 1.165) is 32.1 Å². The largest absolute Gasteiger partial charge is 0.481 e. The predicted octanol–water partition coefficient (Wildman–Crippen LogP) is 1.36. The van der Waals surface area contributed by atoms with Crippen molar-refractivity contribution < 1.29 is 14.7 Å². The standard InChI is InChI=1S/C13H19NO3/c15-12(9-2-1-3-9)14-6-10(8-4-5-8)11(7-14)13(16)17/h8-11H,1-7H2,(H,16,17)/t10-,11+/m1/s1. The number of amides is 1. The van der Waals surface area contributed by atoms with Crippen molar-refractivity contribution in [1.29, 1.82) is 0 Å². The Labute approximate surface area is 101 Å². The molecule has 2 atom stereocenters. The van der Waals surface area contributed by atoms with E-state index in [1.165, 1.54) is 0 Å². The van der Waals surface area contributed by atoms with Gasteiger partial charge in [0.25, 0.3) is 0 Å². The van der Waals surface area contributed by atoms with E-state index in [9.17, 15) is 14.7 Å². The number of aliphatic carboxylic acids is 1. The average Bonchev–Trinajstić information content (AvgIpc) is 2.94. The second-order valence-electron chi connectivity index (χ2n) is 5.82. The third-order valence-electron chi connectivity index (χ3n) is 4.68. The van der Waals surface area contributed by atoms with Crippen molar-refractivity contribution >= 4 is 11.9 Å². The smallest absolute Gasteiger partial charge is 0.308 e. The highest BCUT2D eigenvalue weighted by Crippen LogP contribution is 2.44. The summed E-state index contributed by atoms with van der Waals surface area (Å²) in [6, 6.07) is 0. The molecular weight excluding hydrogens is 218 g/mol. The fraction of sp³-hybridized carbons (Fsp3) is 0.846.